The molecule has 0 saturated carbocycles. The molecule has 2 atom stereocenters. The number of benzene rings is 2. The van der Waals surface area contributed by atoms with Crippen LogP contribution in [-0.2, 0) is 15.0 Å². The van der Waals surface area contributed by atoms with Crippen LogP contribution in [0.25, 0.3) is 11.1 Å². The van der Waals surface area contributed by atoms with Crippen LogP contribution in [0, 0.1) is 0 Å². The molecule has 7 N–H and O–H groups in total. The second-order valence-corrected chi connectivity index (χ2v) is 11.4. The highest BCUT2D eigenvalue weighted by atomic mass is 16.4. The van der Waals surface area contributed by atoms with Crippen LogP contribution in [0.1, 0.15) is 54.7 Å². The number of hydrogen-bond donors (Lipinski definition) is 7. The number of phenols is 1. The lowest BCUT2D eigenvalue weighted by molar-refractivity contribution is -0.137. The lowest BCUT2D eigenvalue weighted by Gasteiger charge is -2.25. The van der Waals surface area contributed by atoms with Crippen molar-refractivity contribution in [1.82, 2.24) is 20.9 Å². The van der Waals surface area contributed by atoms with E-state index in [4.69, 9.17) is 0 Å². The Labute approximate surface area is 249 Å². The predicted molar refractivity (Wildman–Crippen MR) is 162 cm³/mol. The number of aromatic hydroxyl groups is 1. The monoisotopic (exact) mass is 588 g/mol. The van der Waals surface area contributed by atoms with Crippen molar-refractivity contribution in [3.63, 3.8) is 0 Å². The van der Waals surface area contributed by atoms with Crippen molar-refractivity contribution in [2.24, 2.45) is 4.99 Å². The van der Waals surface area contributed by atoms with Gasteiger partial charge in [0.15, 0.2) is 5.96 Å². The van der Waals surface area contributed by atoms with Crippen molar-refractivity contribution in [2.45, 2.75) is 44.8 Å². The largest absolute Gasteiger partial charge is 0.508 e. The zero-order valence-electron chi connectivity index (χ0n) is 24.2. The number of aromatic nitrogens is 1. The molecule has 226 valence electrons. The van der Waals surface area contributed by atoms with Crippen LogP contribution in [-0.4, -0.2) is 69.8 Å². The summed E-state index contributed by atoms with van der Waals surface area (Å²) in [7, 11) is 0. The number of guanidine groups is 1. The van der Waals surface area contributed by atoms with E-state index in [2.05, 4.69) is 31.2 Å². The third kappa shape index (κ3) is 8.76. The summed E-state index contributed by atoms with van der Waals surface area (Å²) < 4.78 is 0. The Bertz CT molecular complexity index is 1520. The number of carbonyl (C=O) groups excluding carboxylic acids is 2. The summed E-state index contributed by atoms with van der Waals surface area (Å²) in [6.45, 7) is 6.24. The molecular weight excluding hydrogens is 552 g/mol. The second kappa shape index (κ2) is 13.3. The van der Waals surface area contributed by atoms with Crippen LogP contribution in [0.5, 0.6) is 5.75 Å². The number of pyridine rings is 1. The van der Waals surface area contributed by atoms with Gasteiger partial charge in [0.2, 0.25) is 5.91 Å². The molecule has 1 aliphatic heterocycles. The highest BCUT2D eigenvalue weighted by Gasteiger charge is 2.23. The zero-order valence-corrected chi connectivity index (χ0v) is 24.2. The number of aliphatic hydroxyl groups is 1. The fourth-order valence-electron chi connectivity index (χ4n) is 4.49. The smallest absolute Gasteiger partial charge is 0.305 e. The number of nitrogens with zero attached hydrogens (tertiary/aromatic N) is 2. The summed E-state index contributed by atoms with van der Waals surface area (Å²) in [6.07, 6.45) is 2.43. The maximum atomic E-state index is 13.0. The Hall–Kier alpha value is -4.97. The molecule has 2 amide bonds. The molecule has 0 radical (unpaired) electrons. The first kappa shape index (κ1) is 31.0. The van der Waals surface area contributed by atoms with Gasteiger partial charge in [0.05, 0.1) is 31.7 Å². The number of β-amino-alcohol motifs (C(OH)–C–C–N with tert-alkyl or cyclic N) is 1. The summed E-state index contributed by atoms with van der Waals surface area (Å²) in [5.41, 5.74) is 3.48. The van der Waals surface area contributed by atoms with Crippen molar-refractivity contribution in [2.75, 3.05) is 25.0 Å². The number of aliphatic carboxylic acids is 1. The van der Waals surface area contributed by atoms with Gasteiger partial charge < -0.3 is 36.6 Å². The van der Waals surface area contributed by atoms with E-state index in [1.165, 1.54) is 18.2 Å². The van der Waals surface area contributed by atoms with Gasteiger partial charge in [-0.1, -0.05) is 39.0 Å². The van der Waals surface area contributed by atoms with E-state index in [1.54, 1.807) is 12.4 Å². The number of aliphatic hydroxyl groups excluding tert-OH is 1. The van der Waals surface area contributed by atoms with E-state index in [0.29, 0.717) is 23.8 Å². The fraction of sp³-hybridized carbons (Fsp3) is 0.323. The summed E-state index contributed by atoms with van der Waals surface area (Å²) >= 11 is 0. The van der Waals surface area contributed by atoms with Crippen LogP contribution in [0.3, 0.4) is 0 Å². The Kier molecular flexibility index (Phi) is 9.61. The first-order valence-corrected chi connectivity index (χ1v) is 13.8. The minimum atomic E-state index is -1.09. The van der Waals surface area contributed by atoms with Crippen molar-refractivity contribution >= 4 is 29.4 Å². The molecule has 0 fully saturated rings. The number of carboxylic acid groups (broad SMARTS) is 1. The first-order valence-electron chi connectivity index (χ1n) is 13.8. The Morgan fingerprint density at radius 3 is 2.53 bits per heavy atom. The molecule has 3 aromatic rings. The zero-order chi connectivity index (χ0) is 31.1. The predicted octanol–water partition coefficient (Wildman–Crippen LogP) is 2.55. The molecule has 0 aliphatic carbocycles. The van der Waals surface area contributed by atoms with Gasteiger partial charge in [-0.15, -0.1) is 0 Å². The molecule has 0 spiro atoms. The first-order chi connectivity index (χ1) is 20.4. The average molecular weight is 589 g/mol. The van der Waals surface area contributed by atoms with Crippen LogP contribution in [0.15, 0.2) is 65.9 Å². The number of anilines is 1. The minimum Gasteiger partial charge on any atom is -0.508 e. The minimum absolute atomic E-state index is 0.0906. The lowest BCUT2D eigenvalue weighted by Crippen LogP contribution is -2.42. The lowest BCUT2D eigenvalue weighted by atomic mass is 9.83. The highest BCUT2D eigenvalue weighted by molar-refractivity contribution is 6.00. The van der Waals surface area contributed by atoms with E-state index in [0.717, 1.165) is 16.7 Å². The third-order valence-corrected chi connectivity index (χ3v) is 6.75. The maximum Gasteiger partial charge on any atom is 0.305 e. The molecule has 0 saturated heterocycles. The molecule has 2 aromatic carbocycles. The molecule has 1 aliphatic rings. The SMILES string of the molecule is CC(C)(C)c1cc(-c2cccnc2)cc([C@H](CC(=O)O)NC(=O)CNC(=O)c2cc(O)cc(NC3=NCC(O)CN3)c2)c1. The molecule has 12 nitrogen and oxygen atoms in total. The number of carbonyl (C=O) groups is 3. The summed E-state index contributed by atoms with van der Waals surface area (Å²) in [5.74, 6) is -2.09. The maximum absolute atomic E-state index is 13.0. The van der Waals surface area contributed by atoms with Gasteiger partial charge in [0, 0.05) is 41.8 Å². The number of hydrogen-bond acceptors (Lipinski definition) is 9. The van der Waals surface area contributed by atoms with Gasteiger partial charge in [0.25, 0.3) is 5.91 Å². The van der Waals surface area contributed by atoms with Crippen LogP contribution in [0.4, 0.5) is 5.69 Å². The molecule has 43 heavy (non-hydrogen) atoms. The van der Waals surface area contributed by atoms with Gasteiger partial charge in [-0.25, -0.2) is 0 Å². The Morgan fingerprint density at radius 1 is 1.09 bits per heavy atom. The van der Waals surface area contributed by atoms with Crippen LogP contribution >= 0.6 is 0 Å². The Balaban J connectivity index is 1.48. The fourth-order valence-corrected chi connectivity index (χ4v) is 4.49. The topological polar surface area (TPSA) is 185 Å². The number of carboxylic acids is 1. The van der Waals surface area contributed by atoms with E-state index >= 15 is 0 Å². The number of phenolic OH excluding ortho intramolecular Hbond substituents is 1. The van der Waals surface area contributed by atoms with Crippen molar-refractivity contribution < 1.29 is 29.7 Å². The second-order valence-electron chi connectivity index (χ2n) is 11.4. The van der Waals surface area contributed by atoms with Gasteiger partial charge in [-0.2, -0.15) is 0 Å². The normalized spacial score (nSPS) is 15.4. The van der Waals surface area contributed by atoms with Gasteiger partial charge >= 0.3 is 5.97 Å². The summed E-state index contributed by atoms with van der Waals surface area (Å²) in [5, 5.41) is 40.5. The van der Waals surface area contributed by atoms with E-state index in [-0.39, 0.29) is 29.7 Å². The van der Waals surface area contributed by atoms with Crippen molar-refractivity contribution in [3.05, 3.63) is 77.6 Å². The van der Waals surface area contributed by atoms with Gasteiger partial charge in [0.1, 0.15) is 5.75 Å². The molecule has 2 heterocycles. The number of aliphatic imine (C=N–C) groups is 1. The van der Waals surface area contributed by atoms with E-state index in [1.807, 2.05) is 51.1 Å². The summed E-state index contributed by atoms with van der Waals surface area (Å²) in [4.78, 5) is 46.0. The van der Waals surface area contributed by atoms with E-state index in [9.17, 15) is 29.7 Å². The van der Waals surface area contributed by atoms with Crippen LogP contribution < -0.4 is 21.3 Å². The van der Waals surface area contributed by atoms with Gasteiger partial charge in [-0.05, 0) is 46.4 Å². The molecule has 4 rings (SSSR count). The number of amides is 2. The van der Waals surface area contributed by atoms with Crippen LogP contribution in [0.2, 0.25) is 0 Å². The molecule has 0 bridgehead atoms. The highest BCUT2D eigenvalue weighted by Crippen LogP contribution is 2.32. The van der Waals surface area contributed by atoms with Gasteiger partial charge in [-0.3, -0.25) is 24.4 Å². The molecule has 1 aromatic heterocycles. The van der Waals surface area contributed by atoms with E-state index < -0.39 is 36.5 Å². The van der Waals surface area contributed by atoms with Crippen molar-refractivity contribution in [1.29, 1.82) is 0 Å². The third-order valence-electron chi connectivity index (χ3n) is 6.75. The quantitative estimate of drug-likeness (QED) is 0.197. The molecule has 1 unspecified atom stereocenters. The van der Waals surface area contributed by atoms with Crippen molar-refractivity contribution in [3.8, 4) is 16.9 Å². The standard InChI is InChI=1S/C31H36N6O6/c1-31(2,3)22-8-19(18-5-4-6-32-14-18)7-20(9-22)26(13-28(41)42)37-27(40)17-33-29(43)21-10-23(12-24(38)11-21)36-30-34-15-25(39)16-35-30/h4-12,14,25-26,38-39H,13,15-17H2,1-3H3,(H,33,43)(H,37,40)(H,41,42)(H2,34,35,36)/t26-/m0/s1. The number of rotatable bonds is 9. The number of nitrogens with one attached hydrogen (secondary N) is 4. The molecular formula is C31H36N6O6. The Morgan fingerprint density at radius 2 is 1.88 bits per heavy atom. The summed E-state index contributed by atoms with van der Waals surface area (Å²) in [6, 6.07) is 12.8. The average Bonchev–Trinajstić information content (AvgIpc) is 2.96. The molecule has 12 heteroatoms.